The number of fused-ring (bicyclic) bond motifs is 3. The smallest absolute Gasteiger partial charge is 0.322 e. The van der Waals surface area contributed by atoms with Crippen LogP contribution in [0.4, 0.5) is 20.6 Å². The van der Waals surface area contributed by atoms with Crippen LogP contribution in [0.25, 0.3) is 11.1 Å². The molecule has 2 N–H and O–H groups in total. The minimum atomic E-state index is -0.363. The Morgan fingerprint density at radius 2 is 1.78 bits per heavy atom. The van der Waals surface area contributed by atoms with Gasteiger partial charge >= 0.3 is 6.03 Å². The second-order valence-corrected chi connectivity index (χ2v) is 9.94. The minimum Gasteiger partial charge on any atom is -0.394 e. The minimum absolute atomic E-state index is 0.0129. The summed E-state index contributed by atoms with van der Waals surface area (Å²) in [6.07, 6.45) is 0.758. The normalized spacial score (nSPS) is 20.3. The first-order valence-electron chi connectivity index (χ1n) is 12.4. The summed E-state index contributed by atoms with van der Waals surface area (Å²) in [5, 5.41) is 13.1. The molecule has 8 heteroatoms. The Balaban J connectivity index is 1.52. The summed E-state index contributed by atoms with van der Waals surface area (Å²) >= 11 is 0. The Bertz CT molecular complexity index is 1330. The molecule has 192 valence electrons. The van der Waals surface area contributed by atoms with Crippen molar-refractivity contribution in [2.24, 2.45) is 5.92 Å². The predicted molar refractivity (Wildman–Crippen MR) is 142 cm³/mol. The van der Waals surface area contributed by atoms with Crippen molar-refractivity contribution in [3.05, 3.63) is 83.7 Å². The van der Waals surface area contributed by atoms with E-state index in [9.17, 15) is 19.1 Å². The van der Waals surface area contributed by atoms with E-state index in [2.05, 4.69) is 16.3 Å². The first kappa shape index (κ1) is 24.8. The summed E-state index contributed by atoms with van der Waals surface area (Å²) in [6.45, 7) is 0.532. The Labute approximate surface area is 216 Å². The molecule has 7 nitrogen and oxygen atoms in total. The van der Waals surface area contributed by atoms with Crippen molar-refractivity contribution in [1.82, 2.24) is 9.80 Å². The lowest BCUT2D eigenvalue weighted by Crippen LogP contribution is -2.48. The molecule has 3 aromatic carbocycles. The van der Waals surface area contributed by atoms with Crippen LogP contribution in [0.1, 0.15) is 28.4 Å². The number of likely N-dealkylation sites (N-methyl/N-ethyl adjacent to an activating group) is 1. The highest BCUT2D eigenvalue weighted by Crippen LogP contribution is 2.49. The maximum Gasteiger partial charge on any atom is 0.322 e. The molecule has 5 rings (SSSR count). The quantitative estimate of drug-likeness (QED) is 0.547. The molecule has 3 atom stereocenters. The molecule has 0 saturated carbocycles. The Hall–Kier alpha value is -3.91. The van der Waals surface area contributed by atoms with Crippen LogP contribution in [0.3, 0.4) is 0 Å². The van der Waals surface area contributed by atoms with Gasteiger partial charge in [0.1, 0.15) is 5.82 Å². The highest BCUT2D eigenvalue weighted by Gasteiger charge is 2.47. The summed E-state index contributed by atoms with van der Waals surface area (Å²) in [4.78, 5) is 31.4. The molecular formula is C29H31FN4O3. The second-order valence-electron chi connectivity index (χ2n) is 9.94. The summed E-state index contributed by atoms with van der Waals surface area (Å²) < 4.78 is 13.3. The molecule has 0 spiro atoms. The molecule has 1 saturated heterocycles. The van der Waals surface area contributed by atoms with Gasteiger partial charge in [-0.2, -0.15) is 0 Å². The van der Waals surface area contributed by atoms with Gasteiger partial charge in [0.25, 0.3) is 5.91 Å². The monoisotopic (exact) mass is 502 g/mol. The van der Waals surface area contributed by atoms with Crippen LogP contribution in [0.2, 0.25) is 0 Å². The number of nitrogens with one attached hydrogen (secondary N) is 1. The van der Waals surface area contributed by atoms with E-state index in [4.69, 9.17) is 0 Å². The van der Waals surface area contributed by atoms with Crippen molar-refractivity contribution in [3.8, 4) is 11.1 Å². The third-order valence-corrected chi connectivity index (χ3v) is 7.55. The molecule has 0 bridgehead atoms. The number of rotatable bonds is 4. The Morgan fingerprint density at radius 1 is 1.05 bits per heavy atom. The number of likely N-dealkylation sites (tertiary alicyclic amines) is 1. The van der Waals surface area contributed by atoms with Crippen LogP contribution >= 0.6 is 0 Å². The number of carbonyl (C=O) groups is 2. The Kier molecular flexibility index (Phi) is 6.60. The molecule has 37 heavy (non-hydrogen) atoms. The van der Waals surface area contributed by atoms with Gasteiger partial charge in [0.15, 0.2) is 0 Å². The SMILES string of the molecule is CN(C)C(=O)c1cccc(-c2ccc3c(c2)[C@H]2[C@H](CCN2C(=O)Nc2ccc(F)cc2)[C@H](CO)N3C)c1. The summed E-state index contributed by atoms with van der Waals surface area (Å²) in [5.41, 5.74) is 4.97. The molecule has 2 heterocycles. The van der Waals surface area contributed by atoms with E-state index in [1.165, 1.54) is 12.1 Å². The molecule has 2 aliphatic heterocycles. The van der Waals surface area contributed by atoms with E-state index in [0.29, 0.717) is 17.8 Å². The highest BCUT2D eigenvalue weighted by molar-refractivity contribution is 5.95. The van der Waals surface area contributed by atoms with Gasteiger partial charge in [0.05, 0.1) is 18.7 Å². The third kappa shape index (κ3) is 4.53. The van der Waals surface area contributed by atoms with Crippen molar-refractivity contribution in [2.45, 2.75) is 18.5 Å². The maximum atomic E-state index is 13.4. The zero-order chi connectivity index (χ0) is 26.3. The number of hydrogen-bond donors (Lipinski definition) is 2. The van der Waals surface area contributed by atoms with Gasteiger partial charge < -0.3 is 25.1 Å². The number of aliphatic hydroxyl groups excluding tert-OH is 1. The second kappa shape index (κ2) is 9.86. The molecule has 0 aliphatic carbocycles. The average molecular weight is 503 g/mol. The molecule has 0 radical (unpaired) electrons. The van der Waals surface area contributed by atoms with Gasteiger partial charge in [0, 0.05) is 50.5 Å². The van der Waals surface area contributed by atoms with Gasteiger partial charge in [-0.1, -0.05) is 18.2 Å². The van der Waals surface area contributed by atoms with E-state index in [1.54, 1.807) is 37.2 Å². The van der Waals surface area contributed by atoms with Gasteiger partial charge in [-0.15, -0.1) is 0 Å². The van der Waals surface area contributed by atoms with Crippen LogP contribution in [0.15, 0.2) is 66.7 Å². The van der Waals surface area contributed by atoms with Crippen LogP contribution in [-0.2, 0) is 0 Å². The van der Waals surface area contributed by atoms with Gasteiger partial charge in [-0.05, 0) is 71.6 Å². The standard InChI is InChI=1S/C29H31FN4O3/c1-32(2)28(36)20-6-4-5-18(15-20)19-7-12-25-24(16-19)27-23(26(17-35)33(25)3)13-14-34(27)29(37)31-22-10-8-21(30)9-11-22/h4-12,15-16,23,26-27,35H,13-14,17H2,1-3H3,(H,31,37)/t23-,26+,27-/m1/s1. The van der Waals surface area contributed by atoms with Gasteiger partial charge in [-0.3, -0.25) is 4.79 Å². The van der Waals surface area contributed by atoms with E-state index in [-0.39, 0.29) is 42.4 Å². The van der Waals surface area contributed by atoms with Crippen LogP contribution in [0.5, 0.6) is 0 Å². The number of anilines is 2. The van der Waals surface area contributed by atoms with E-state index in [1.807, 2.05) is 42.3 Å². The average Bonchev–Trinajstić information content (AvgIpc) is 3.35. The molecule has 1 fully saturated rings. The zero-order valence-electron chi connectivity index (χ0n) is 21.2. The molecule has 0 aromatic heterocycles. The number of nitrogens with zero attached hydrogens (tertiary/aromatic N) is 3. The number of aliphatic hydroxyl groups is 1. The van der Waals surface area contributed by atoms with Crippen LogP contribution < -0.4 is 10.2 Å². The topological polar surface area (TPSA) is 76.1 Å². The third-order valence-electron chi connectivity index (χ3n) is 7.55. The number of hydrogen-bond acceptors (Lipinski definition) is 4. The number of benzene rings is 3. The summed E-state index contributed by atoms with van der Waals surface area (Å²) in [5.74, 6) is -0.374. The molecule has 3 aromatic rings. The van der Waals surface area contributed by atoms with E-state index >= 15 is 0 Å². The molecule has 3 amide bonds. The number of carbonyl (C=O) groups excluding carboxylic acids is 2. The van der Waals surface area contributed by atoms with Gasteiger partial charge in [0.2, 0.25) is 0 Å². The lowest BCUT2D eigenvalue weighted by Gasteiger charge is -2.44. The fourth-order valence-electron chi connectivity index (χ4n) is 5.68. The maximum absolute atomic E-state index is 13.4. The number of amides is 3. The van der Waals surface area contributed by atoms with Crippen LogP contribution in [0, 0.1) is 11.7 Å². The zero-order valence-corrected chi connectivity index (χ0v) is 21.2. The molecular weight excluding hydrogens is 471 g/mol. The van der Waals surface area contributed by atoms with Crippen LogP contribution in [-0.4, -0.2) is 67.2 Å². The van der Waals surface area contributed by atoms with Gasteiger partial charge in [-0.25, -0.2) is 9.18 Å². The highest BCUT2D eigenvalue weighted by atomic mass is 19.1. The molecule has 0 unspecified atom stereocenters. The lowest BCUT2D eigenvalue weighted by molar-refractivity contribution is 0.0827. The fraction of sp³-hybridized carbons (Fsp3) is 0.310. The molecule has 2 aliphatic rings. The van der Waals surface area contributed by atoms with Crippen molar-refractivity contribution in [1.29, 1.82) is 0 Å². The number of halogens is 1. The Morgan fingerprint density at radius 3 is 2.49 bits per heavy atom. The van der Waals surface area contributed by atoms with Crippen molar-refractivity contribution < 1.29 is 19.1 Å². The predicted octanol–water partition coefficient (Wildman–Crippen LogP) is 4.60. The van der Waals surface area contributed by atoms with Crippen molar-refractivity contribution in [2.75, 3.05) is 44.5 Å². The van der Waals surface area contributed by atoms with E-state index < -0.39 is 0 Å². The van der Waals surface area contributed by atoms with Crippen molar-refractivity contribution >= 4 is 23.3 Å². The van der Waals surface area contributed by atoms with Crippen molar-refractivity contribution in [3.63, 3.8) is 0 Å². The lowest BCUT2D eigenvalue weighted by atomic mass is 9.81. The largest absolute Gasteiger partial charge is 0.394 e. The fourth-order valence-corrected chi connectivity index (χ4v) is 5.68. The summed E-state index contributed by atoms with van der Waals surface area (Å²) in [7, 11) is 5.44. The first-order valence-corrected chi connectivity index (χ1v) is 12.4. The van der Waals surface area contributed by atoms with E-state index in [0.717, 1.165) is 28.8 Å². The summed E-state index contributed by atoms with van der Waals surface area (Å²) in [6, 6.07) is 18.8. The number of urea groups is 1. The first-order chi connectivity index (χ1) is 17.8.